The van der Waals surface area contributed by atoms with Crippen molar-refractivity contribution in [3.8, 4) is 0 Å². The molecule has 0 aliphatic rings. The summed E-state index contributed by atoms with van der Waals surface area (Å²) in [4.78, 5) is 52.0. The number of aliphatic imine (C=N–C) groups is 1. The highest BCUT2D eigenvalue weighted by molar-refractivity contribution is 7.80. The van der Waals surface area contributed by atoms with Gasteiger partial charge in [-0.25, -0.2) is 4.79 Å². The largest absolute Gasteiger partial charge is 0.480 e. The van der Waals surface area contributed by atoms with Crippen molar-refractivity contribution >= 4 is 42.3 Å². The Kier molecular flexibility index (Phi) is 12.5. The molecule has 13 heteroatoms. The lowest BCUT2D eigenvalue weighted by atomic mass is 10.0. The zero-order chi connectivity index (χ0) is 23.4. The number of hydrogen-bond donors (Lipinski definition) is 8. The summed E-state index contributed by atoms with van der Waals surface area (Å²) in [5, 5.41) is 16.7. The molecule has 0 aromatic heterocycles. The van der Waals surface area contributed by atoms with Crippen LogP contribution in [0.1, 0.15) is 33.6 Å². The number of carbonyl (C=O) groups is 4. The van der Waals surface area contributed by atoms with Gasteiger partial charge in [0.25, 0.3) is 0 Å². The van der Waals surface area contributed by atoms with Crippen LogP contribution < -0.4 is 33.2 Å². The molecule has 0 saturated heterocycles. The van der Waals surface area contributed by atoms with Gasteiger partial charge in [-0.1, -0.05) is 13.8 Å². The zero-order valence-corrected chi connectivity index (χ0v) is 18.3. The third-order valence-electron chi connectivity index (χ3n) is 4.09. The maximum Gasteiger partial charge on any atom is 0.326 e. The molecule has 0 saturated carbocycles. The second-order valence-electron chi connectivity index (χ2n) is 7.10. The zero-order valence-electron chi connectivity index (χ0n) is 17.4. The molecular weight excluding hydrogens is 414 g/mol. The highest BCUT2D eigenvalue weighted by atomic mass is 32.1. The molecule has 0 heterocycles. The SMILES string of the molecule is CC(NC(=O)C(N)CS)C(=O)NC(C(=O)NC(CCCN=C(N)N)C(=O)O)C(C)C. The number of amides is 3. The molecule has 0 spiro atoms. The number of guanidine groups is 1. The third kappa shape index (κ3) is 10.3. The van der Waals surface area contributed by atoms with Crippen molar-refractivity contribution in [3.05, 3.63) is 0 Å². The summed E-state index contributed by atoms with van der Waals surface area (Å²) >= 11 is 3.92. The first-order chi connectivity index (χ1) is 13.9. The lowest BCUT2D eigenvalue weighted by Gasteiger charge is -2.26. The average molecular weight is 448 g/mol. The van der Waals surface area contributed by atoms with Crippen molar-refractivity contribution in [2.75, 3.05) is 12.3 Å². The van der Waals surface area contributed by atoms with E-state index in [2.05, 4.69) is 33.6 Å². The van der Waals surface area contributed by atoms with Crippen LogP contribution in [0, 0.1) is 5.92 Å². The van der Waals surface area contributed by atoms with E-state index in [9.17, 15) is 24.3 Å². The fraction of sp³-hybridized carbons (Fsp3) is 0.706. The molecule has 4 unspecified atom stereocenters. The number of nitrogens with zero attached hydrogens (tertiary/aromatic N) is 1. The molecule has 12 nitrogen and oxygen atoms in total. The van der Waals surface area contributed by atoms with Crippen LogP contribution in [0.4, 0.5) is 0 Å². The maximum absolute atomic E-state index is 12.6. The van der Waals surface area contributed by atoms with Crippen LogP contribution in [-0.4, -0.2) is 71.2 Å². The number of aliphatic carboxylic acids is 1. The van der Waals surface area contributed by atoms with Gasteiger partial charge in [0.05, 0.1) is 6.04 Å². The van der Waals surface area contributed by atoms with E-state index >= 15 is 0 Å². The lowest BCUT2D eigenvalue weighted by molar-refractivity contribution is -0.142. The number of hydrogen-bond acceptors (Lipinski definition) is 7. The molecule has 0 aliphatic carbocycles. The number of carbonyl (C=O) groups excluding carboxylic acids is 3. The van der Waals surface area contributed by atoms with E-state index in [0.717, 1.165) is 0 Å². The fourth-order valence-corrected chi connectivity index (χ4v) is 2.47. The van der Waals surface area contributed by atoms with E-state index in [-0.39, 0.29) is 30.6 Å². The van der Waals surface area contributed by atoms with E-state index in [1.807, 2.05) is 0 Å². The van der Waals surface area contributed by atoms with Crippen molar-refractivity contribution in [3.63, 3.8) is 0 Å². The highest BCUT2D eigenvalue weighted by Crippen LogP contribution is 2.06. The molecule has 10 N–H and O–H groups in total. The summed E-state index contributed by atoms with van der Waals surface area (Å²) in [6.07, 6.45) is 0.438. The van der Waals surface area contributed by atoms with Crippen LogP contribution >= 0.6 is 12.6 Å². The molecule has 3 amide bonds. The number of carboxylic acids is 1. The third-order valence-corrected chi connectivity index (χ3v) is 4.49. The molecule has 0 bridgehead atoms. The smallest absolute Gasteiger partial charge is 0.326 e. The summed E-state index contributed by atoms with van der Waals surface area (Å²) < 4.78 is 0. The minimum absolute atomic E-state index is 0.102. The van der Waals surface area contributed by atoms with Crippen LogP contribution in [-0.2, 0) is 19.2 Å². The monoisotopic (exact) mass is 447 g/mol. The van der Waals surface area contributed by atoms with Gasteiger partial charge in [0.2, 0.25) is 17.7 Å². The van der Waals surface area contributed by atoms with E-state index in [1.165, 1.54) is 6.92 Å². The molecule has 0 fully saturated rings. The van der Waals surface area contributed by atoms with Crippen molar-refractivity contribution < 1.29 is 24.3 Å². The quantitative estimate of drug-likeness (QED) is 0.0652. The number of nitrogens with one attached hydrogen (secondary N) is 3. The summed E-state index contributed by atoms with van der Waals surface area (Å²) in [6, 6.07) is -4.00. The normalized spacial score (nSPS) is 14.7. The predicted octanol–water partition coefficient (Wildman–Crippen LogP) is -2.49. The van der Waals surface area contributed by atoms with Crippen molar-refractivity contribution in [2.45, 2.75) is 57.8 Å². The van der Waals surface area contributed by atoms with Crippen LogP contribution in [0.25, 0.3) is 0 Å². The van der Waals surface area contributed by atoms with Gasteiger partial charge in [0.15, 0.2) is 5.96 Å². The van der Waals surface area contributed by atoms with E-state index in [0.29, 0.717) is 6.42 Å². The Hall–Kier alpha value is -2.54. The second kappa shape index (κ2) is 13.6. The summed E-state index contributed by atoms with van der Waals surface area (Å²) in [5.74, 6) is -3.37. The van der Waals surface area contributed by atoms with Gasteiger partial charge in [0.1, 0.15) is 18.1 Å². The molecule has 172 valence electrons. The van der Waals surface area contributed by atoms with Crippen LogP contribution in [0.15, 0.2) is 4.99 Å². The van der Waals surface area contributed by atoms with Crippen LogP contribution in [0.5, 0.6) is 0 Å². The first kappa shape index (κ1) is 27.5. The topological polar surface area (TPSA) is 215 Å². The highest BCUT2D eigenvalue weighted by Gasteiger charge is 2.30. The van der Waals surface area contributed by atoms with Gasteiger partial charge in [-0.2, -0.15) is 12.6 Å². The van der Waals surface area contributed by atoms with Gasteiger partial charge >= 0.3 is 5.97 Å². The molecular formula is C17H33N7O5S. The summed E-state index contributed by atoms with van der Waals surface area (Å²) in [7, 11) is 0. The van der Waals surface area contributed by atoms with Gasteiger partial charge in [-0.15, -0.1) is 0 Å². The number of nitrogens with two attached hydrogens (primary N) is 3. The molecule has 0 aromatic rings. The maximum atomic E-state index is 12.6. The average Bonchev–Trinajstić information content (AvgIpc) is 2.66. The molecule has 4 atom stereocenters. The number of rotatable bonds is 13. The minimum atomic E-state index is -1.22. The minimum Gasteiger partial charge on any atom is -0.480 e. The Labute approximate surface area is 181 Å². The van der Waals surface area contributed by atoms with Crippen molar-refractivity contribution in [2.24, 2.45) is 28.1 Å². The summed E-state index contributed by atoms with van der Waals surface area (Å²) in [5.41, 5.74) is 16.0. The molecule has 30 heavy (non-hydrogen) atoms. The molecule has 0 aromatic carbocycles. The first-order valence-corrected chi connectivity index (χ1v) is 10.1. The fourth-order valence-electron chi connectivity index (χ4n) is 2.30. The van der Waals surface area contributed by atoms with Crippen molar-refractivity contribution in [1.29, 1.82) is 0 Å². The first-order valence-electron chi connectivity index (χ1n) is 9.46. The molecule has 0 aliphatic heterocycles. The van der Waals surface area contributed by atoms with E-state index in [1.54, 1.807) is 13.8 Å². The van der Waals surface area contributed by atoms with E-state index in [4.69, 9.17) is 17.2 Å². The second-order valence-corrected chi connectivity index (χ2v) is 7.46. The Morgan fingerprint density at radius 1 is 1.00 bits per heavy atom. The Bertz CT molecular complexity index is 640. The van der Waals surface area contributed by atoms with E-state index < -0.39 is 47.9 Å². The van der Waals surface area contributed by atoms with Gasteiger partial charge in [0, 0.05) is 12.3 Å². The number of carboxylic acid groups (broad SMARTS) is 1. The Balaban J connectivity index is 4.98. The predicted molar refractivity (Wildman–Crippen MR) is 116 cm³/mol. The van der Waals surface area contributed by atoms with Crippen LogP contribution in [0.3, 0.4) is 0 Å². The van der Waals surface area contributed by atoms with Gasteiger partial charge in [-0.05, 0) is 25.7 Å². The number of thiol groups is 1. The lowest BCUT2D eigenvalue weighted by Crippen LogP contribution is -2.57. The van der Waals surface area contributed by atoms with Crippen LogP contribution in [0.2, 0.25) is 0 Å². The Morgan fingerprint density at radius 3 is 2.07 bits per heavy atom. The molecule has 0 radical (unpaired) electrons. The van der Waals surface area contributed by atoms with Crippen molar-refractivity contribution in [1.82, 2.24) is 16.0 Å². The Morgan fingerprint density at radius 2 is 1.60 bits per heavy atom. The van der Waals surface area contributed by atoms with Gasteiger partial charge < -0.3 is 38.3 Å². The standard InChI is InChI=1S/C17H33N7O5S/c1-8(2)12(24-13(25)9(3)22-14(26)10(18)7-30)15(27)23-11(16(28)29)5-4-6-21-17(19)20/h8-12,30H,4-7,18H2,1-3H3,(H,22,26)(H,23,27)(H,24,25)(H,28,29)(H4,19,20,21). The summed E-state index contributed by atoms with van der Waals surface area (Å²) in [6.45, 7) is 5.05. The molecule has 0 rings (SSSR count). The van der Waals surface area contributed by atoms with Gasteiger partial charge in [-0.3, -0.25) is 19.4 Å².